The number of ether oxygens (including phenoxy) is 2. The van der Waals surface area contributed by atoms with Gasteiger partial charge in [-0.25, -0.2) is 4.79 Å². The minimum atomic E-state index is -2.94. The molecule has 0 saturated carbocycles. The molecular weight excluding hydrogens is 496 g/mol. The van der Waals surface area contributed by atoms with E-state index in [1.165, 1.54) is 0 Å². The maximum absolute atomic E-state index is 13.5. The largest absolute Gasteiger partial charge is 0.434 e. The molecular formula is C26H33F2N7O3. The van der Waals surface area contributed by atoms with Crippen LogP contribution in [-0.2, 0) is 24.1 Å². The number of hydrogen-bond donors (Lipinski definition) is 1. The number of urea groups is 1. The minimum Gasteiger partial charge on any atom is -0.434 e. The SMILES string of the molecule is CN1CC(c2cc3c(cc2OC(F)F)N(c2nn(C4CCOCC4)c4c2CN(C(N)=O)CC4)CCC3)C=N1. The van der Waals surface area contributed by atoms with Gasteiger partial charge in [-0.2, -0.15) is 19.0 Å². The standard InChI is InChI=1S/C26H33F2N7O3/c1-32-14-17(13-30-32)19-11-16-3-2-7-34(22(16)12-23(19)38-25(27)28)24-20-15-33(26(29)36)8-4-21(20)35(31-24)18-5-9-37-10-6-18/h11-13,17-18,25H,2-10,14-15H2,1H3,(H2,29,36). The molecule has 0 bridgehead atoms. The lowest BCUT2D eigenvalue weighted by Gasteiger charge is -2.33. The molecule has 1 fully saturated rings. The Labute approximate surface area is 219 Å². The second-order valence-corrected chi connectivity index (χ2v) is 10.4. The Morgan fingerprint density at radius 2 is 2.03 bits per heavy atom. The number of benzene rings is 1. The van der Waals surface area contributed by atoms with E-state index in [-0.39, 0.29) is 17.7 Å². The van der Waals surface area contributed by atoms with Crippen molar-refractivity contribution < 1.29 is 23.0 Å². The molecule has 10 nitrogen and oxygen atoms in total. The minimum absolute atomic E-state index is 0.126. The van der Waals surface area contributed by atoms with Gasteiger partial charge in [-0.1, -0.05) is 0 Å². The number of likely N-dealkylation sites (N-methyl/N-ethyl adjacent to an activating group) is 1. The first-order chi connectivity index (χ1) is 18.4. The van der Waals surface area contributed by atoms with Gasteiger partial charge in [0.25, 0.3) is 0 Å². The van der Waals surface area contributed by atoms with Gasteiger partial charge in [0.15, 0.2) is 5.82 Å². The summed E-state index contributed by atoms with van der Waals surface area (Å²) in [5.41, 5.74) is 10.3. The van der Waals surface area contributed by atoms with Crippen LogP contribution in [0, 0.1) is 0 Å². The second kappa shape index (κ2) is 10.0. The van der Waals surface area contributed by atoms with Gasteiger partial charge < -0.3 is 25.0 Å². The van der Waals surface area contributed by atoms with Crippen LogP contribution >= 0.6 is 0 Å². The first kappa shape index (κ1) is 24.9. The van der Waals surface area contributed by atoms with Crippen molar-refractivity contribution in [3.8, 4) is 5.75 Å². The van der Waals surface area contributed by atoms with Crippen LogP contribution in [0.3, 0.4) is 0 Å². The molecule has 1 saturated heterocycles. The number of hydrogen-bond acceptors (Lipinski definition) is 7. The van der Waals surface area contributed by atoms with Crippen molar-refractivity contribution in [2.24, 2.45) is 10.8 Å². The van der Waals surface area contributed by atoms with E-state index < -0.39 is 12.6 Å². The van der Waals surface area contributed by atoms with E-state index in [2.05, 4.69) is 14.7 Å². The molecule has 204 valence electrons. The molecule has 1 aromatic carbocycles. The molecule has 2 N–H and O–H groups in total. The van der Waals surface area contributed by atoms with E-state index in [1.54, 1.807) is 22.2 Å². The summed E-state index contributed by atoms with van der Waals surface area (Å²) in [5, 5.41) is 11.2. The number of carbonyl (C=O) groups is 1. The average molecular weight is 530 g/mol. The van der Waals surface area contributed by atoms with Crippen molar-refractivity contribution in [1.29, 1.82) is 0 Å². The third-order valence-corrected chi connectivity index (χ3v) is 8.02. The van der Waals surface area contributed by atoms with E-state index in [0.29, 0.717) is 51.4 Å². The third kappa shape index (κ3) is 4.55. The Kier molecular flexibility index (Phi) is 6.58. The fourth-order valence-electron chi connectivity index (χ4n) is 6.16. The fourth-order valence-corrected chi connectivity index (χ4v) is 6.16. The van der Waals surface area contributed by atoms with Crippen LogP contribution in [0.25, 0.3) is 0 Å². The summed E-state index contributed by atoms with van der Waals surface area (Å²) in [5.74, 6) is 0.796. The molecule has 5 heterocycles. The van der Waals surface area contributed by atoms with E-state index >= 15 is 0 Å². The molecule has 1 aromatic heterocycles. The van der Waals surface area contributed by atoms with Crippen molar-refractivity contribution in [3.05, 3.63) is 34.5 Å². The number of halogens is 2. The molecule has 6 rings (SSSR count). The molecule has 2 amide bonds. The van der Waals surface area contributed by atoms with Gasteiger partial charge in [0.1, 0.15) is 5.75 Å². The predicted molar refractivity (Wildman–Crippen MR) is 137 cm³/mol. The molecule has 0 radical (unpaired) electrons. The van der Waals surface area contributed by atoms with Gasteiger partial charge in [0.2, 0.25) is 0 Å². The Balaban J connectivity index is 1.44. The molecule has 1 atom stereocenters. The molecule has 1 unspecified atom stereocenters. The Morgan fingerprint density at radius 1 is 1.21 bits per heavy atom. The van der Waals surface area contributed by atoms with Gasteiger partial charge in [-0.15, -0.1) is 0 Å². The zero-order valence-corrected chi connectivity index (χ0v) is 21.5. The summed E-state index contributed by atoms with van der Waals surface area (Å²) < 4.78 is 39.8. The highest BCUT2D eigenvalue weighted by atomic mass is 19.3. The van der Waals surface area contributed by atoms with Gasteiger partial charge in [-0.3, -0.25) is 9.69 Å². The Hall–Kier alpha value is -3.41. The summed E-state index contributed by atoms with van der Waals surface area (Å²) >= 11 is 0. The highest BCUT2D eigenvalue weighted by molar-refractivity contribution is 5.77. The number of primary amides is 1. The molecule has 4 aliphatic rings. The van der Waals surface area contributed by atoms with Crippen LogP contribution < -0.4 is 15.4 Å². The quantitative estimate of drug-likeness (QED) is 0.638. The van der Waals surface area contributed by atoms with E-state index in [9.17, 15) is 13.6 Å². The van der Waals surface area contributed by atoms with Gasteiger partial charge >= 0.3 is 12.6 Å². The molecule has 12 heteroatoms. The predicted octanol–water partition coefficient (Wildman–Crippen LogP) is 3.37. The Bertz CT molecular complexity index is 1240. The number of alkyl halides is 2. The number of nitrogens with zero attached hydrogens (tertiary/aromatic N) is 6. The van der Waals surface area contributed by atoms with E-state index in [4.69, 9.17) is 20.3 Å². The first-order valence-corrected chi connectivity index (χ1v) is 13.3. The number of aryl methyl sites for hydroxylation is 1. The summed E-state index contributed by atoms with van der Waals surface area (Å²) in [7, 11) is 1.86. The average Bonchev–Trinajstić information content (AvgIpc) is 3.51. The number of amides is 2. The monoisotopic (exact) mass is 529 g/mol. The topological polar surface area (TPSA) is 101 Å². The van der Waals surface area contributed by atoms with Crippen LogP contribution in [0.15, 0.2) is 17.2 Å². The normalized spacial score (nSPS) is 21.7. The lowest BCUT2D eigenvalue weighted by atomic mass is 9.92. The molecule has 38 heavy (non-hydrogen) atoms. The number of anilines is 2. The molecule has 2 aromatic rings. The van der Waals surface area contributed by atoms with Crippen LogP contribution in [0.4, 0.5) is 25.1 Å². The lowest BCUT2D eigenvalue weighted by molar-refractivity contribution is -0.0504. The number of fused-ring (bicyclic) bond motifs is 2. The fraction of sp³-hybridized carbons (Fsp3) is 0.577. The molecule has 0 spiro atoms. The van der Waals surface area contributed by atoms with E-state index in [0.717, 1.165) is 54.0 Å². The maximum atomic E-state index is 13.5. The molecule has 0 aliphatic carbocycles. The van der Waals surface area contributed by atoms with Crippen LogP contribution in [0.5, 0.6) is 5.75 Å². The van der Waals surface area contributed by atoms with E-state index in [1.807, 2.05) is 13.1 Å². The Morgan fingerprint density at radius 3 is 2.74 bits per heavy atom. The van der Waals surface area contributed by atoms with Crippen molar-refractivity contribution in [1.82, 2.24) is 19.7 Å². The number of rotatable bonds is 5. The zero-order valence-electron chi connectivity index (χ0n) is 21.5. The number of nitrogens with two attached hydrogens (primary N) is 1. The van der Waals surface area contributed by atoms with Crippen LogP contribution in [-0.4, -0.2) is 78.4 Å². The van der Waals surface area contributed by atoms with Gasteiger partial charge in [-0.05, 0) is 37.3 Å². The second-order valence-electron chi connectivity index (χ2n) is 10.4. The first-order valence-electron chi connectivity index (χ1n) is 13.3. The molecule has 4 aliphatic heterocycles. The summed E-state index contributed by atoms with van der Waals surface area (Å²) in [6.45, 7) is 0.635. The summed E-state index contributed by atoms with van der Waals surface area (Å²) in [6.07, 6.45) is 5.90. The highest BCUT2D eigenvalue weighted by Gasteiger charge is 2.34. The third-order valence-electron chi connectivity index (χ3n) is 8.02. The number of aromatic nitrogens is 2. The van der Waals surface area contributed by atoms with Crippen molar-refractivity contribution >= 4 is 23.8 Å². The highest BCUT2D eigenvalue weighted by Crippen LogP contribution is 2.43. The van der Waals surface area contributed by atoms with Gasteiger partial charge in [0.05, 0.1) is 12.6 Å². The van der Waals surface area contributed by atoms with Crippen molar-refractivity contribution in [2.45, 2.75) is 57.2 Å². The van der Waals surface area contributed by atoms with Crippen molar-refractivity contribution in [3.63, 3.8) is 0 Å². The smallest absolute Gasteiger partial charge is 0.387 e. The zero-order chi connectivity index (χ0) is 26.4. The van der Waals surface area contributed by atoms with Crippen LogP contribution in [0.2, 0.25) is 0 Å². The van der Waals surface area contributed by atoms with Crippen LogP contribution in [0.1, 0.15) is 53.6 Å². The lowest BCUT2D eigenvalue weighted by Crippen LogP contribution is -2.40. The van der Waals surface area contributed by atoms with Gasteiger partial charge in [0, 0.05) is 87.0 Å². The van der Waals surface area contributed by atoms with Crippen molar-refractivity contribution in [2.75, 3.05) is 44.8 Å². The summed E-state index contributed by atoms with van der Waals surface area (Å²) in [6, 6.07) is 3.48. The summed E-state index contributed by atoms with van der Waals surface area (Å²) in [4.78, 5) is 15.8. The maximum Gasteiger partial charge on any atom is 0.387 e. The number of carbonyl (C=O) groups excluding carboxylic acids is 1. The number of hydrazone groups is 1.